The number of benzene rings is 2. The second-order valence-corrected chi connectivity index (χ2v) is 4.89. The molecule has 21 heavy (non-hydrogen) atoms. The number of para-hydroxylation sites is 1. The molecule has 0 atom stereocenters. The van der Waals surface area contributed by atoms with Crippen molar-refractivity contribution in [1.82, 2.24) is 4.98 Å². The van der Waals surface area contributed by atoms with E-state index in [1.54, 1.807) is 24.4 Å². The molecule has 1 heterocycles. The minimum atomic E-state index is -0.183. The minimum Gasteiger partial charge on any atom is -0.398 e. The van der Waals surface area contributed by atoms with Crippen molar-refractivity contribution >= 4 is 28.2 Å². The van der Waals surface area contributed by atoms with Crippen LogP contribution in [0, 0.1) is 6.92 Å². The number of pyridine rings is 1. The van der Waals surface area contributed by atoms with Gasteiger partial charge in [0, 0.05) is 16.6 Å². The van der Waals surface area contributed by atoms with E-state index < -0.39 is 0 Å². The lowest BCUT2D eigenvalue weighted by molar-refractivity contribution is 0.102. The standard InChI is InChI=1S/C17H15N3O/c1-11-14(6-4-7-15(11)18)17(21)20-13-9-12-5-2-3-8-16(12)19-10-13/h2-10H,18H2,1H3,(H,20,21). The summed E-state index contributed by atoms with van der Waals surface area (Å²) in [5.41, 5.74) is 9.36. The lowest BCUT2D eigenvalue weighted by Gasteiger charge is -2.09. The predicted molar refractivity (Wildman–Crippen MR) is 85.3 cm³/mol. The van der Waals surface area contributed by atoms with E-state index in [4.69, 9.17) is 5.73 Å². The van der Waals surface area contributed by atoms with Gasteiger partial charge >= 0.3 is 0 Å². The summed E-state index contributed by atoms with van der Waals surface area (Å²) < 4.78 is 0. The van der Waals surface area contributed by atoms with Crippen molar-refractivity contribution < 1.29 is 4.79 Å². The van der Waals surface area contributed by atoms with Crippen molar-refractivity contribution in [3.63, 3.8) is 0 Å². The minimum absolute atomic E-state index is 0.183. The van der Waals surface area contributed by atoms with Gasteiger partial charge in [0.25, 0.3) is 5.91 Å². The van der Waals surface area contributed by atoms with E-state index in [0.29, 0.717) is 16.9 Å². The zero-order valence-corrected chi connectivity index (χ0v) is 11.6. The molecular formula is C17H15N3O. The van der Waals surface area contributed by atoms with Gasteiger partial charge in [-0.15, -0.1) is 0 Å². The molecule has 3 rings (SSSR count). The topological polar surface area (TPSA) is 68.0 Å². The molecule has 0 spiro atoms. The number of amides is 1. The summed E-state index contributed by atoms with van der Waals surface area (Å²) >= 11 is 0. The Balaban J connectivity index is 1.91. The summed E-state index contributed by atoms with van der Waals surface area (Å²) in [6, 6.07) is 15.0. The molecule has 1 aromatic heterocycles. The molecule has 0 unspecified atom stereocenters. The third kappa shape index (κ3) is 2.56. The van der Waals surface area contributed by atoms with Crippen LogP contribution >= 0.6 is 0 Å². The Morgan fingerprint density at radius 1 is 1.14 bits per heavy atom. The van der Waals surface area contributed by atoms with E-state index in [-0.39, 0.29) is 5.91 Å². The van der Waals surface area contributed by atoms with Crippen molar-refractivity contribution in [3.8, 4) is 0 Å². The van der Waals surface area contributed by atoms with Gasteiger partial charge in [0.2, 0.25) is 0 Å². The SMILES string of the molecule is Cc1c(N)cccc1C(=O)Nc1cnc2ccccc2c1. The second-order valence-electron chi connectivity index (χ2n) is 4.89. The fraction of sp³-hybridized carbons (Fsp3) is 0.0588. The summed E-state index contributed by atoms with van der Waals surface area (Å²) in [6.07, 6.45) is 1.65. The second kappa shape index (κ2) is 5.25. The Morgan fingerprint density at radius 2 is 1.95 bits per heavy atom. The van der Waals surface area contributed by atoms with Crippen molar-refractivity contribution in [2.45, 2.75) is 6.92 Å². The first kappa shape index (κ1) is 13.1. The Bertz CT molecular complexity index is 827. The van der Waals surface area contributed by atoms with Crippen molar-refractivity contribution in [3.05, 3.63) is 65.9 Å². The number of anilines is 2. The molecule has 3 aromatic rings. The smallest absolute Gasteiger partial charge is 0.256 e. The van der Waals surface area contributed by atoms with Crippen LogP contribution in [-0.4, -0.2) is 10.9 Å². The number of fused-ring (bicyclic) bond motifs is 1. The van der Waals surface area contributed by atoms with Crippen LogP contribution < -0.4 is 11.1 Å². The molecule has 104 valence electrons. The molecule has 0 saturated carbocycles. The van der Waals surface area contributed by atoms with E-state index in [9.17, 15) is 4.79 Å². The molecule has 0 aliphatic heterocycles. The van der Waals surface area contributed by atoms with Crippen LogP contribution in [0.2, 0.25) is 0 Å². The van der Waals surface area contributed by atoms with Crippen LogP contribution in [0.4, 0.5) is 11.4 Å². The molecular weight excluding hydrogens is 262 g/mol. The Morgan fingerprint density at radius 3 is 2.81 bits per heavy atom. The van der Waals surface area contributed by atoms with Gasteiger partial charge in [-0.25, -0.2) is 0 Å². The molecule has 2 aromatic carbocycles. The van der Waals surface area contributed by atoms with Crippen LogP contribution in [0.15, 0.2) is 54.7 Å². The fourth-order valence-electron chi connectivity index (χ4n) is 2.24. The number of rotatable bonds is 2. The van der Waals surface area contributed by atoms with E-state index in [1.807, 2.05) is 37.3 Å². The van der Waals surface area contributed by atoms with Gasteiger partial charge in [-0.3, -0.25) is 9.78 Å². The van der Waals surface area contributed by atoms with E-state index in [1.165, 1.54) is 0 Å². The number of carbonyl (C=O) groups is 1. The van der Waals surface area contributed by atoms with Gasteiger partial charge in [-0.2, -0.15) is 0 Å². The number of nitrogens with two attached hydrogens (primary N) is 1. The molecule has 0 aliphatic rings. The van der Waals surface area contributed by atoms with Gasteiger partial charge in [0.05, 0.1) is 17.4 Å². The van der Waals surface area contributed by atoms with E-state index in [2.05, 4.69) is 10.3 Å². The summed E-state index contributed by atoms with van der Waals surface area (Å²) in [7, 11) is 0. The van der Waals surface area contributed by atoms with Crippen LogP contribution in [0.1, 0.15) is 15.9 Å². The molecule has 0 radical (unpaired) electrons. The predicted octanol–water partition coefficient (Wildman–Crippen LogP) is 3.38. The zero-order chi connectivity index (χ0) is 14.8. The summed E-state index contributed by atoms with van der Waals surface area (Å²) in [4.78, 5) is 16.7. The molecule has 0 saturated heterocycles. The monoisotopic (exact) mass is 277 g/mol. The molecule has 4 nitrogen and oxygen atoms in total. The molecule has 4 heteroatoms. The van der Waals surface area contributed by atoms with E-state index >= 15 is 0 Å². The largest absolute Gasteiger partial charge is 0.398 e. The first-order chi connectivity index (χ1) is 10.1. The van der Waals surface area contributed by atoms with Crippen molar-refractivity contribution in [1.29, 1.82) is 0 Å². The first-order valence-electron chi connectivity index (χ1n) is 6.66. The van der Waals surface area contributed by atoms with Crippen molar-refractivity contribution in [2.24, 2.45) is 0 Å². The molecule has 0 fully saturated rings. The number of nitrogens with zero attached hydrogens (tertiary/aromatic N) is 1. The van der Waals surface area contributed by atoms with Gasteiger partial charge < -0.3 is 11.1 Å². The number of nitrogen functional groups attached to an aromatic ring is 1. The molecule has 1 amide bonds. The van der Waals surface area contributed by atoms with Gasteiger partial charge in [-0.1, -0.05) is 24.3 Å². The zero-order valence-electron chi connectivity index (χ0n) is 11.6. The maximum atomic E-state index is 12.3. The van der Waals surface area contributed by atoms with Crippen LogP contribution in [0.3, 0.4) is 0 Å². The Kier molecular flexibility index (Phi) is 3.28. The lowest BCUT2D eigenvalue weighted by atomic mass is 10.1. The highest BCUT2D eigenvalue weighted by atomic mass is 16.1. The third-order valence-corrected chi connectivity index (χ3v) is 3.47. The average Bonchev–Trinajstić information content (AvgIpc) is 2.50. The van der Waals surface area contributed by atoms with Gasteiger partial charge in [-0.05, 0) is 36.8 Å². The normalized spacial score (nSPS) is 10.5. The Labute approximate surface area is 122 Å². The van der Waals surface area contributed by atoms with E-state index in [0.717, 1.165) is 16.5 Å². The lowest BCUT2D eigenvalue weighted by Crippen LogP contribution is -2.14. The molecule has 3 N–H and O–H groups in total. The number of hydrogen-bond acceptors (Lipinski definition) is 3. The van der Waals surface area contributed by atoms with Crippen LogP contribution in [-0.2, 0) is 0 Å². The number of hydrogen-bond donors (Lipinski definition) is 2. The van der Waals surface area contributed by atoms with Gasteiger partial charge in [0.1, 0.15) is 0 Å². The quantitative estimate of drug-likeness (QED) is 0.706. The highest BCUT2D eigenvalue weighted by Crippen LogP contribution is 2.19. The highest BCUT2D eigenvalue weighted by molar-refractivity contribution is 6.06. The van der Waals surface area contributed by atoms with Gasteiger partial charge in [0.15, 0.2) is 0 Å². The average molecular weight is 277 g/mol. The van der Waals surface area contributed by atoms with Crippen LogP contribution in [0.25, 0.3) is 10.9 Å². The maximum Gasteiger partial charge on any atom is 0.256 e. The number of aromatic nitrogens is 1. The fourth-order valence-corrected chi connectivity index (χ4v) is 2.24. The highest BCUT2D eigenvalue weighted by Gasteiger charge is 2.11. The van der Waals surface area contributed by atoms with Crippen LogP contribution in [0.5, 0.6) is 0 Å². The summed E-state index contributed by atoms with van der Waals surface area (Å²) in [6.45, 7) is 1.84. The summed E-state index contributed by atoms with van der Waals surface area (Å²) in [5, 5.41) is 3.85. The number of nitrogens with one attached hydrogen (secondary N) is 1. The number of carbonyl (C=O) groups excluding carboxylic acids is 1. The third-order valence-electron chi connectivity index (χ3n) is 3.47. The van der Waals surface area contributed by atoms with Crippen molar-refractivity contribution in [2.75, 3.05) is 11.1 Å². The Hall–Kier alpha value is -2.88. The molecule has 0 bridgehead atoms. The molecule has 0 aliphatic carbocycles. The first-order valence-corrected chi connectivity index (χ1v) is 6.66. The maximum absolute atomic E-state index is 12.3. The summed E-state index contributed by atoms with van der Waals surface area (Å²) in [5.74, 6) is -0.183.